The van der Waals surface area contributed by atoms with E-state index in [9.17, 15) is 4.79 Å². The number of carbonyl (C=O) groups excluding carboxylic acids is 1. The van der Waals surface area contributed by atoms with E-state index in [1.807, 2.05) is 37.3 Å². The highest BCUT2D eigenvalue weighted by molar-refractivity contribution is 5.97. The van der Waals surface area contributed by atoms with Gasteiger partial charge in [-0.25, -0.2) is 0 Å². The minimum absolute atomic E-state index is 0.110. The van der Waals surface area contributed by atoms with Crippen LogP contribution in [0.3, 0.4) is 0 Å². The molecular formula is C15H20N4O. The van der Waals surface area contributed by atoms with Crippen LogP contribution in [0.5, 0.6) is 0 Å². The van der Waals surface area contributed by atoms with E-state index < -0.39 is 0 Å². The van der Waals surface area contributed by atoms with Crippen molar-refractivity contribution in [3.63, 3.8) is 0 Å². The molecule has 0 fully saturated rings. The number of amides is 1. The summed E-state index contributed by atoms with van der Waals surface area (Å²) in [4.78, 5) is 14.2. The summed E-state index contributed by atoms with van der Waals surface area (Å²) in [6.45, 7) is 2.52. The highest BCUT2D eigenvalue weighted by Gasteiger charge is 2.22. The van der Waals surface area contributed by atoms with Crippen molar-refractivity contribution in [2.75, 3.05) is 12.8 Å². The van der Waals surface area contributed by atoms with Crippen LogP contribution in [0.25, 0.3) is 0 Å². The SMILES string of the molecule is CCc1nn(C)c(C(=O)N(C)Cc2ccccc2)c1N. The Hall–Kier alpha value is -2.30. The number of hydrogen-bond acceptors (Lipinski definition) is 3. The second-order valence-electron chi connectivity index (χ2n) is 4.83. The number of nitrogen functional groups attached to an aromatic ring is 1. The molecule has 0 saturated carbocycles. The van der Waals surface area contributed by atoms with Crippen molar-refractivity contribution >= 4 is 11.6 Å². The Balaban J connectivity index is 2.21. The monoisotopic (exact) mass is 272 g/mol. The Morgan fingerprint density at radius 2 is 2.00 bits per heavy atom. The molecule has 0 aliphatic heterocycles. The van der Waals surface area contributed by atoms with Gasteiger partial charge in [-0.05, 0) is 12.0 Å². The molecule has 20 heavy (non-hydrogen) atoms. The van der Waals surface area contributed by atoms with Crippen LogP contribution in [0.2, 0.25) is 0 Å². The molecule has 2 N–H and O–H groups in total. The molecule has 106 valence electrons. The van der Waals surface area contributed by atoms with Gasteiger partial charge in [-0.3, -0.25) is 9.48 Å². The van der Waals surface area contributed by atoms with Crippen LogP contribution in [0, 0.1) is 0 Å². The molecule has 0 aliphatic carbocycles. The lowest BCUT2D eigenvalue weighted by atomic mass is 10.2. The lowest BCUT2D eigenvalue weighted by Crippen LogP contribution is -2.28. The van der Waals surface area contributed by atoms with Crippen molar-refractivity contribution < 1.29 is 4.79 Å². The molecule has 0 bridgehead atoms. The smallest absolute Gasteiger partial charge is 0.274 e. The molecular weight excluding hydrogens is 252 g/mol. The maximum atomic E-state index is 12.5. The highest BCUT2D eigenvalue weighted by atomic mass is 16.2. The molecule has 1 heterocycles. The van der Waals surface area contributed by atoms with Gasteiger partial charge in [0.2, 0.25) is 0 Å². The van der Waals surface area contributed by atoms with Gasteiger partial charge in [0.15, 0.2) is 0 Å². The predicted molar refractivity (Wildman–Crippen MR) is 79.2 cm³/mol. The molecule has 0 spiro atoms. The Labute approximate surface area is 119 Å². The molecule has 0 unspecified atom stereocenters. The van der Waals surface area contributed by atoms with Gasteiger partial charge in [0, 0.05) is 20.6 Å². The molecule has 5 heteroatoms. The summed E-state index contributed by atoms with van der Waals surface area (Å²) in [5.74, 6) is -0.110. The Bertz CT molecular complexity index is 604. The summed E-state index contributed by atoms with van der Waals surface area (Å²) in [7, 11) is 3.52. The molecule has 0 atom stereocenters. The van der Waals surface area contributed by atoms with Crippen molar-refractivity contribution in [2.45, 2.75) is 19.9 Å². The fraction of sp³-hybridized carbons (Fsp3) is 0.333. The van der Waals surface area contributed by atoms with E-state index in [1.165, 1.54) is 0 Å². The molecule has 1 aromatic carbocycles. The van der Waals surface area contributed by atoms with Gasteiger partial charge < -0.3 is 10.6 Å². The quantitative estimate of drug-likeness (QED) is 0.923. The number of aromatic nitrogens is 2. The Morgan fingerprint density at radius 3 is 2.55 bits per heavy atom. The minimum Gasteiger partial charge on any atom is -0.395 e. The van der Waals surface area contributed by atoms with Gasteiger partial charge in [0.25, 0.3) is 5.91 Å². The van der Waals surface area contributed by atoms with Crippen molar-refractivity contribution in [3.8, 4) is 0 Å². The third-order valence-electron chi connectivity index (χ3n) is 3.31. The number of benzene rings is 1. The van der Waals surface area contributed by atoms with E-state index in [-0.39, 0.29) is 5.91 Å². The Morgan fingerprint density at radius 1 is 1.35 bits per heavy atom. The number of nitrogens with two attached hydrogens (primary N) is 1. The summed E-state index contributed by atoms with van der Waals surface area (Å²) < 4.78 is 1.57. The maximum Gasteiger partial charge on any atom is 0.274 e. The molecule has 0 saturated heterocycles. The van der Waals surface area contributed by atoms with Crippen molar-refractivity contribution in [1.82, 2.24) is 14.7 Å². The second kappa shape index (κ2) is 5.77. The van der Waals surface area contributed by atoms with Crippen LogP contribution < -0.4 is 5.73 Å². The van der Waals surface area contributed by atoms with Gasteiger partial charge in [-0.2, -0.15) is 5.10 Å². The van der Waals surface area contributed by atoms with Crippen LogP contribution in [0.4, 0.5) is 5.69 Å². The number of carbonyl (C=O) groups is 1. The lowest BCUT2D eigenvalue weighted by Gasteiger charge is -2.17. The zero-order chi connectivity index (χ0) is 14.7. The van der Waals surface area contributed by atoms with Crippen molar-refractivity contribution in [1.29, 1.82) is 0 Å². The van der Waals surface area contributed by atoms with Gasteiger partial charge in [-0.15, -0.1) is 0 Å². The summed E-state index contributed by atoms with van der Waals surface area (Å²) in [5.41, 5.74) is 8.81. The standard InChI is InChI=1S/C15H20N4O/c1-4-12-13(16)14(19(3)17-12)15(20)18(2)10-11-8-6-5-7-9-11/h5-9H,4,10,16H2,1-3H3. The first-order chi connectivity index (χ1) is 9.54. The average molecular weight is 272 g/mol. The second-order valence-corrected chi connectivity index (χ2v) is 4.83. The minimum atomic E-state index is -0.110. The third-order valence-corrected chi connectivity index (χ3v) is 3.31. The van der Waals surface area contributed by atoms with E-state index in [1.54, 1.807) is 23.7 Å². The average Bonchev–Trinajstić information content (AvgIpc) is 2.73. The number of anilines is 1. The molecule has 1 amide bonds. The molecule has 2 aromatic rings. The van der Waals surface area contributed by atoms with Crippen molar-refractivity contribution in [2.24, 2.45) is 7.05 Å². The van der Waals surface area contributed by atoms with Crippen molar-refractivity contribution in [3.05, 3.63) is 47.3 Å². The van der Waals surface area contributed by atoms with E-state index in [2.05, 4.69) is 5.10 Å². The van der Waals surface area contributed by atoms with Gasteiger partial charge in [-0.1, -0.05) is 37.3 Å². The number of aryl methyl sites for hydroxylation is 2. The number of nitrogens with zero attached hydrogens (tertiary/aromatic N) is 3. The first kappa shape index (κ1) is 14.1. The predicted octanol–water partition coefficient (Wildman–Crippen LogP) is 1.84. The molecule has 2 rings (SSSR count). The van der Waals surface area contributed by atoms with E-state index in [0.29, 0.717) is 17.9 Å². The highest BCUT2D eigenvalue weighted by Crippen LogP contribution is 2.19. The molecule has 5 nitrogen and oxygen atoms in total. The Kier molecular flexibility index (Phi) is 4.08. The normalized spacial score (nSPS) is 10.6. The van der Waals surface area contributed by atoms with Crippen LogP contribution >= 0.6 is 0 Å². The van der Waals surface area contributed by atoms with Crippen LogP contribution in [-0.2, 0) is 20.0 Å². The van der Waals surface area contributed by atoms with Crippen LogP contribution in [0.1, 0.15) is 28.7 Å². The zero-order valence-electron chi connectivity index (χ0n) is 12.1. The summed E-state index contributed by atoms with van der Waals surface area (Å²) >= 11 is 0. The van der Waals surface area contributed by atoms with Crippen LogP contribution in [-0.4, -0.2) is 27.6 Å². The lowest BCUT2D eigenvalue weighted by molar-refractivity contribution is 0.0775. The van der Waals surface area contributed by atoms with Crippen LogP contribution in [0.15, 0.2) is 30.3 Å². The van der Waals surface area contributed by atoms with E-state index in [0.717, 1.165) is 17.7 Å². The van der Waals surface area contributed by atoms with Gasteiger partial charge in [0.1, 0.15) is 5.69 Å². The number of hydrogen-bond donors (Lipinski definition) is 1. The molecule has 1 aromatic heterocycles. The largest absolute Gasteiger partial charge is 0.395 e. The topological polar surface area (TPSA) is 64.2 Å². The molecule has 0 radical (unpaired) electrons. The molecule has 0 aliphatic rings. The maximum absolute atomic E-state index is 12.5. The third kappa shape index (κ3) is 2.66. The fourth-order valence-electron chi connectivity index (χ4n) is 2.22. The van der Waals surface area contributed by atoms with E-state index in [4.69, 9.17) is 5.73 Å². The first-order valence-corrected chi connectivity index (χ1v) is 6.65. The fourth-order valence-corrected chi connectivity index (χ4v) is 2.22. The number of rotatable bonds is 4. The van der Waals surface area contributed by atoms with E-state index >= 15 is 0 Å². The summed E-state index contributed by atoms with van der Waals surface area (Å²) in [6.07, 6.45) is 0.718. The summed E-state index contributed by atoms with van der Waals surface area (Å²) in [6, 6.07) is 9.86. The zero-order valence-corrected chi connectivity index (χ0v) is 12.1. The summed E-state index contributed by atoms with van der Waals surface area (Å²) in [5, 5.41) is 4.28. The first-order valence-electron chi connectivity index (χ1n) is 6.65. The van der Waals surface area contributed by atoms with Gasteiger partial charge >= 0.3 is 0 Å². The van der Waals surface area contributed by atoms with Gasteiger partial charge in [0.05, 0.1) is 11.4 Å².